The van der Waals surface area contributed by atoms with E-state index in [1.165, 1.54) is 6.07 Å². The van der Waals surface area contributed by atoms with Crippen molar-refractivity contribution in [2.24, 2.45) is 0 Å². The monoisotopic (exact) mass is 298 g/mol. The predicted molar refractivity (Wildman–Crippen MR) is 77.1 cm³/mol. The minimum absolute atomic E-state index is 0.0828. The number of pyridine rings is 1. The van der Waals surface area contributed by atoms with Gasteiger partial charge in [-0.25, -0.2) is 0 Å². The highest BCUT2D eigenvalue weighted by atomic mass is 35.5. The maximum absolute atomic E-state index is 11.5. The second-order valence-corrected chi connectivity index (χ2v) is 4.71. The van der Waals surface area contributed by atoms with E-state index in [2.05, 4.69) is 0 Å². The fraction of sp³-hybridized carbons (Fsp3) is 0.154. The van der Waals surface area contributed by atoms with E-state index in [0.717, 1.165) is 0 Å². The molecule has 2 rings (SSSR count). The minimum Gasteiger partial charge on any atom is -0.489 e. The largest absolute Gasteiger partial charge is 0.489 e. The zero-order valence-corrected chi connectivity index (χ0v) is 11.5. The van der Waals surface area contributed by atoms with E-state index in [1.807, 2.05) is 0 Å². The van der Waals surface area contributed by atoms with Gasteiger partial charge in [0.2, 0.25) is 0 Å². The number of halogens is 2. The number of nitrogens with zero attached hydrogens (tertiary/aromatic N) is 1. The summed E-state index contributed by atoms with van der Waals surface area (Å²) < 4.78 is 7.04. The van der Waals surface area contributed by atoms with Gasteiger partial charge in [0.05, 0.1) is 16.6 Å². The van der Waals surface area contributed by atoms with E-state index in [4.69, 9.17) is 33.7 Å². The van der Waals surface area contributed by atoms with Crippen LogP contribution >= 0.6 is 23.2 Å². The number of anilines is 1. The maximum atomic E-state index is 11.5. The van der Waals surface area contributed by atoms with E-state index in [-0.39, 0.29) is 12.2 Å². The van der Waals surface area contributed by atoms with Crippen molar-refractivity contribution in [3.8, 4) is 5.75 Å². The number of aromatic nitrogens is 1. The van der Waals surface area contributed by atoms with Crippen LogP contribution < -0.4 is 16.0 Å². The first-order chi connectivity index (χ1) is 9.08. The quantitative estimate of drug-likeness (QED) is 0.883. The lowest BCUT2D eigenvalue weighted by Crippen LogP contribution is -2.21. The molecule has 4 nitrogen and oxygen atoms in total. The molecule has 0 aliphatic rings. The second-order valence-electron chi connectivity index (χ2n) is 3.89. The zero-order chi connectivity index (χ0) is 13.8. The van der Waals surface area contributed by atoms with Crippen LogP contribution in [0, 0.1) is 0 Å². The molecule has 0 radical (unpaired) electrons. The van der Waals surface area contributed by atoms with Gasteiger partial charge in [-0.1, -0.05) is 29.3 Å². The van der Waals surface area contributed by atoms with Crippen LogP contribution in [0.2, 0.25) is 10.0 Å². The van der Waals surface area contributed by atoms with Gasteiger partial charge >= 0.3 is 0 Å². The smallest absolute Gasteiger partial charge is 0.250 e. The molecule has 1 aromatic heterocycles. The summed E-state index contributed by atoms with van der Waals surface area (Å²) in [6.45, 7) is 0.698. The topological polar surface area (TPSA) is 57.2 Å². The third-order valence-electron chi connectivity index (χ3n) is 2.50. The summed E-state index contributed by atoms with van der Waals surface area (Å²) >= 11 is 12.0. The molecule has 0 aliphatic carbocycles. The Hall–Kier alpha value is -1.65. The Bertz CT molecular complexity index is 618. The van der Waals surface area contributed by atoms with Gasteiger partial charge in [0, 0.05) is 18.0 Å². The number of nitrogens with two attached hydrogens (primary N) is 1. The molecular weight excluding hydrogens is 287 g/mol. The number of hydrogen-bond donors (Lipinski definition) is 1. The van der Waals surface area contributed by atoms with Crippen LogP contribution in [-0.2, 0) is 6.54 Å². The van der Waals surface area contributed by atoms with Crippen molar-refractivity contribution in [3.63, 3.8) is 0 Å². The molecule has 0 atom stereocenters. The van der Waals surface area contributed by atoms with Crippen LogP contribution in [0.5, 0.6) is 5.75 Å². The average molecular weight is 299 g/mol. The van der Waals surface area contributed by atoms with Crippen molar-refractivity contribution >= 4 is 28.9 Å². The number of benzene rings is 1. The highest BCUT2D eigenvalue weighted by Crippen LogP contribution is 2.34. The van der Waals surface area contributed by atoms with E-state index in [0.29, 0.717) is 28.0 Å². The summed E-state index contributed by atoms with van der Waals surface area (Å²) in [5.41, 5.74) is 5.99. The van der Waals surface area contributed by atoms with Crippen LogP contribution in [0.25, 0.3) is 0 Å². The number of ether oxygens (including phenoxy) is 1. The first-order valence-electron chi connectivity index (χ1n) is 5.60. The summed E-state index contributed by atoms with van der Waals surface area (Å²) in [5, 5.41) is 0.704. The molecule has 0 bridgehead atoms. The Kier molecular flexibility index (Phi) is 4.35. The molecular formula is C13H12Cl2N2O2. The molecule has 0 fully saturated rings. The maximum Gasteiger partial charge on any atom is 0.250 e. The number of nitrogen functional groups attached to an aromatic ring is 1. The van der Waals surface area contributed by atoms with E-state index in [9.17, 15) is 4.79 Å². The summed E-state index contributed by atoms with van der Waals surface area (Å²) in [6.07, 6.45) is 1.69. The first kappa shape index (κ1) is 13.8. The van der Waals surface area contributed by atoms with Crippen LogP contribution in [0.4, 0.5) is 5.69 Å². The predicted octanol–water partition coefficient (Wildman–Crippen LogP) is 2.82. The van der Waals surface area contributed by atoms with Crippen molar-refractivity contribution < 1.29 is 4.74 Å². The number of rotatable bonds is 4. The highest BCUT2D eigenvalue weighted by Gasteiger charge is 2.08. The van der Waals surface area contributed by atoms with Crippen LogP contribution in [0.15, 0.2) is 41.3 Å². The summed E-state index contributed by atoms with van der Waals surface area (Å²) in [7, 11) is 0. The van der Waals surface area contributed by atoms with Gasteiger partial charge in [0.1, 0.15) is 6.61 Å². The Morgan fingerprint density at radius 2 is 1.89 bits per heavy atom. The van der Waals surface area contributed by atoms with Gasteiger partial charge in [-0.15, -0.1) is 0 Å². The lowest BCUT2D eigenvalue weighted by molar-refractivity contribution is 0.297. The third kappa shape index (κ3) is 3.43. The molecule has 2 N–H and O–H groups in total. The van der Waals surface area contributed by atoms with E-state index in [1.54, 1.807) is 35.0 Å². The van der Waals surface area contributed by atoms with Gasteiger partial charge in [0.25, 0.3) is 5.56 Å². The van der Waals surface area contributed by atoms with Crippen LogP contribution in [0.3, 0.4) is 0 Å². The van der Waals surface area contributed by atoms with E-state index >= 15 is 0 Å². The van der Waals surface area contributed by atoms with Crippen molar-refractivity contribution in [1.29, 1.82) is 0 Å². The fourth-order valence-electron chi connectivity index (χ4n) is 1.61. The second kappa shape index (κ2) is 5.99. The first-order valence-corrected chi connectivity index (χ1v) is 6.36. The SMILES string of the molecule is Nc1cc(Cl)c(OCCn2ccccc2=O)c(Cl)c1. The molecule has 6 heteroatoms. The molecule has 0 saturated heterocycles. The molecule has 100 valence electrons. The Labute approximate surface area is 120 Å². The molecule has 0 unspecified atom stereocenters. The molecule has 1 aromatic carbocycles. The van der Waals surface area contributed by atoms with Gasteiger partial charge in [-0.05, 0) is 18.2 Å². The van der Waals surface area contributed by atoms with Crippen LogP contribution in [0.1, 0.15) is 0 Å². The molecule has 0 saturated carbocycles. The molecule has 1 heterocycles. The summed E-state index contributed by atoms with van der Waals surface area (Å²) in [5.74, 6) is 0.376. The van der Waals surface area contributed by atoms with E-state index < -0.39 is 0 Å². The van der Waals surface area contributed by atoms with Crippen molar-refractivity contribution in [2.75, 3.05) is 12.3 Å². The Morgan fingerprint density at radius 1 is 1.21 bits per heavy atom. The van der Waals surface area contributed by atoms with Crippen molar-refractivity contribution in [2.45, 2.75) is 6.54 Å². The molecule has 2 aromatic rings. The standard InChI is InChI=1S/C13H12Cl2N2O2/c14-10-7-9(16)8-11(15)13(10)19-6-5-17-4-2-1-3-12(17)18/h1-4,7-8H,5-6,16H2. The highest BCUT2D eigenvalue weighted by molar-refractivity contribution is 6.37. The summed E-state index contributed by atoms with van der Waals surface area (Å²) in [4.78, 5) is 11.5. The molecule has 0 amide bonds. The Balaban J connectivity index is 2.04. The zero-order valence-electron chi connectivity index (χ0n) is 9.98. The molecule has 0 aliphatic heterocycles. The fourth-order valence-corrected chi connectivity index (χ4v) is 2.22. The summed E-state index contributed by atoms with van der Waals surface area (Å²) in [6, 6.07) is 8.09. The van der Waals surface area contributed by atoms with Crippen LogP contribution in [-0.4, -0.2) is 11.2 Å². The molecule has 19 heavy (non-hydrogen) atoms. The van der Waals surface area contributed by atoms with Gasteiger partial charge in [0.15, 0.2) is 5.75 Å². The van der Waals surface area contributed by atoms with Gasteiger partial charge < -0.3 is 15.0 Å². The lowest BCUT2D eigenvalue weighted by atomic mass is 10.3. The Morgan fingerprint density at radius 3 is 2.53 bits per heavy atom. The number of hydrogen-bond acceptors (Lipinski definition) is 3. The average Bonchev–Trinajstić information content (AvgIpc) is 2.34. The third-order valence-corrected chi connectivity index (χ3v) is 3.06. The normalized spacial score (nSPS) is 10.4. The van der Waals surface area contributed by atoms with Crippen molar-refractivity contribution in [3.05, 3.63) is 56.9 Å². The minimum atomic E-state index is -0.0828. The van der Waals surface area contributed by atoms with Crippen molar-refractivity contribution in [1.82, 2.24) is 4.57 Å². The molecule has 0 spiro atoms. The van der Waals surface area contributed by atoms with Gasteiger partial charge in [-0.3, -0.25) is 4.79 Å². The lowest BCUT2D eigenvalue weighted by Gasteiger charge is -2.11. The van der Waals surface area contributed by atoms with Gasteiger partial charge in [-0.2, -0.15) is 0 Å².